The number of nitrogens with zero attached hydrogens (tertiary/aromatic N) is 1. The first-order chi connectivity index (χ1) is 6.30. The Morgan fingerprint density at radius 2 is 2.38 bits per heavy atom. The molecule has 0 saturated heterocycles. The number of hydrogen-bond acceptors (Lipinski definition) is 1. The highest BCUT2D eigenvalue weighted by Crippen LogP contribution is 2.79. The van der Waals surface area contributed by atoms with Crippen molar-refractivity contribution in [2.75, 3.05) is 7.05 Å². The molecular weight excluding hydrogens is 158 g/mol. The summed E-state index contributed by atoms with van der Waals surface area (Å²) in [6, 6.07) is 0. The van der Waals surface area contributed by atoms with Crippen molar-refractivity contribution in [2.45, 2.75) is 32.6 Å². The molecule has 13 heavy (non-hydrogen) atoms. The largest absolute Gasteiger partial charge is 0.301 e. The van der Waals surface area contributed by atoms with E-state index in [-0.39, 0.29) is 0 Å². The van der Waals surface area contributed by atoms with Crippen molar-refractivity contribution in [1.82, 2.24) is 0 Å². The van der Waals surface area contributed by atoms with Crippen LogP contribution in [0.4, 0.5) is 0 Å². The maximum Gasteiger partial charge on any atom is 0.0273 e. The maximum absolute atomic E-state index is 4.13. The van der Waals surface area contributed by atoms with Crippen molar-refractivity contribution >= 4 is 6.21 Å². The average molecular weight is 177 g/mol. The van der Waals surface area contributed by atoms with Gasteiger partial charge in [-0.1, -0.05) is 6.92 Å². The van der Waals surface area contributed by atoms with E-state index in [0.29, 0.717) is 0 Å². The Labute approximate surface area is 80.6 Å². The smallest absolute Gasteiger partial charge is 0.0273 e. The highest BCUT2D eigenvalue weighted by atomic mass is 14.8. The van der Waals surface area contributed by atoms with Gasteiger partial charge in [0, 0.05) is 7.05 Å². The van der Waals surface area contributed by atoms with Gasteiger partial charge < -0.3 is 4.99 Å². The lowest BCUT2D eigenvalue weighted by Gasteiger charge is -2.64. The minimum Gasteiger partial charge on any atom is -0.301 e. The molecule has 0 aromatic rings. The van der Waals surface area contributed by atoms with Crippen LogP contribution in [0, 0.1) is 29.1 Å². The number of rotatable bonds is 2. The summed E-state index contributed by atoms with van der Waals surface area (Å²) in [5.41, 5.74) is 0.811. The summed E-state index contributed by atoms with van der Waals surface area (Å²) in [5, 5.41) is 0. The molecule has 0 aliphatic heterocycles. The summed E-state index contributed by atoms with van der Waals surface area (Å²) in [6.07, 6.45) is 7.99. The van der Waals surface area contributed by atoms with Gasteiger partial charge in [-0.05, 0) is 61.0 Å². The molecule has 0 aromatic carbocycles. The second-order valence-electron chi connectivity index (χ2n) is 5.34. The van der Waals surface area contributed by atoms with E-state index in [1.807, 2.05) is 7.05 Å². The zero-order valence-corrected chi connectivity index (χ0v) is 8.66. The van der Waals surface area contributed by atoms with Crippen LogP contribution in [-0.4, -0.2) is 13.3 Å². The SMILES string of the molecule is CN=CCC1C2CC(C)C13CCC23. The molecular formula is C12H19N. The number of aliphatic imine (C=N–C) groups is 1. The maximum atomic E-state index is 4.13. The van der Waals surface area contributed by atoms with E-state index in [0.717, 1.165) is 29.1 Å². The molecule has 2 bridgehead atoms. The summed E-state index contributed by atoms with van der Waals surface area (Å²) in [5.74, 6) is 4.26. The first-order valence-electron chi connectivity index (χ1n) is 5.71. The normalized spacial score (nSPS) is 57.4. The third-order valence-electron chi connectivity index (χ3n) is 5.39. The zero-order valence-electron chi connectivity index (χ0n) is 8.66. The van der Waals surface area contributed by atoms with Crippen molar-refractivity contribution in [2.24, 2.45) is 34.1 Å². The predicted molar refractivity (Wildman–Crippen MR) is 55.0 cm³/mol. The molecule has 4 saturated carbocycles. The van der Waals surface area contributed by atoms with E-state index in [1.54, 1.807) is 0 Å². The van der Waals surface area contributed by atoms with Crippen LogP contribution >= 0.6 is 0 Å². The van der Waals surface area contributed by atoms with Crippen LogP contribution < -0.4 is 0 Å². The molecule has 4 fully saturated rings. The van der Waals surface area contributed by atoms with Gasteiger partial charge in [0.25, 0.3) is 0 Å². The summed E-state index contributed by atoms with van der Waals surface area (Å²) in [4.78, 5) is 4.13. The summed E-state index contributed by atoms with van der Waals surface area (Å²) in [6.45, 7) is 2.48. The second-order valence-corrected chi connectivity index (χ2v) is 5.34. The van der Waals surface area contributed by atoms with Crippen molar-refractivity contribution in [1.29, 1.82) is 0 Å². The van der Waals surface area contributed by atoms with E-state index in [4.69, 9.17) is 0 Å². The predicted octanol–water partition coefficient (Wildman–Crippen LogP) is 2.76. The van der Waals surface area contributed by atoms with E-state index >= 15 is 0 Å². The van der Waals surface area contributed by atoms with Crippen LogP contribution in [0.2, 0.25) is 0 Å². The lowest BCUT2D eigenvalue weighted by molar-refractivity contribution is -0.155. The first kappa shape index (κ1) is 8.02. The third-order valence-corrected chi connectivity index (χ3v) is 5.39. The monoisotopic (exact) mass is 177 g/mol. The minimum absolute atomic E-state index is 0.811. The lowest BCUT2D eigenvalue weighted by Crippen LogP contribution is -2.58. The highest BCUT2D eigenvalue weighted by molar-refractivity contribution is 5.58. The summed E-state index contributed by atoms with van der Waals surface area (Å²) < 4.78 is 0. The van der Waals surface area contributed by atoms with Gasteiger partial charge in [-0.3, -0.25) is 0 Å². The Morgan fingerprint density at radius 1 is 1.54 bits per heavy atom. The fourth-order valence-electron chi connectivity index (χ4n) is 4.82. The second kappa shape index (κ2) is 2.37. The zero-order chi connectivity index (χ0) is 9.05. The molecule has 5 unspecified atom stereocenters. The fraction of sp³-hybridized carbons (Fsp3) is 0.917. The van der Waals surface area contributed by atoms with Crippen LogP contribution in [0.25, 0.3) is 0 Å². The molecule has 0 heterocycles. The quantitative estimate of drug-likeness (QED) is 0.575. The van der Waals surface area contributed by atoms with Gasteiger partial charge in [0.05, 0.1) is 0 Å². The molecule has 72 valence electrons. The van der Waals surface area contributed by atoms with E-state index < -0.39 is 0 Å². The molecule has 0 amide bonds. The van der Waals surface area contributed by atoms with Crippen molar-refractivity contribution in [3.63, 3.8) is 0 Å². The topological polar surface area (TPSA) is 12.4 Å². The van der Waals surface area contributed by atoms with Gasteiger partial charge >= 0.3 is 0 Å². The fourth-order valence-corrected chi connectivity index (χ4v) is 4.82. The Kier molecular flexibility index (Phi) is 1.46. The van der Waals surface area contributed by atoms with Crippen LogP contribution in [0.3, 0.4) is 0 Å². The lowest BCUT2D eigenvalue weighted by atomic mass is 9.40. The molecule has 1 heteroatoms. The van der Waals surface area contributed by atoms with E-state index in [9.17, 15) is 0 Å². The highest BCUT2D eigenvalue weighted by Gasteiger charge is 2.72. The van der Waals surface area contributed by atoms with Crippen LogP contribution in [0.15, 0.2) is 4.99 Å². The molecule has 0 aromatic heterocycles. The molecule has 1 nitrogen and oxygen atoms in total. The Hall–Kier alpha value is -0.330. The van der Waals surface area contributed by atoms with Crippen LogP contribution in [-0.2, 0) is 0 Å². The van der Waals surface area contributed by atoms with Gasteiger partial charge in [0.1, 0.15) is 0 Å². The van der Waals surface area contributed by atoms with Crippen molar-refractivity contribution in [3.8, 4) is 0 Å². The van der Waals surface area contributed by atoms with Gasteiger partial charge in [-0.25, -0.2) is 0 Å². The van der Waals surface area contributed by atoms with Gasteiger partial charge in [0.15, 0.2) is 0 Å². The summed E-state index contributed by atoms with van der Waals surface area (Å²) >= 11 is 0. The number of hydrogen-bond donors (Lipinski definition) is 0. The van der Waals surface area contributed by atoms with Gasteiger partial charge in [-0.2, -0.15) is 0 Å². The van der Waals surface area contributed by atoms with Crippen LogP contribution in [0.1, 0.15) is 32.6 Å². The Morgan fingerprint density at radius 3 is 2.85 bits per heavy atom. The Balaban J connectivity index is 1.80. The summed E-state index contributed by atoms with van der Waals surface area (Å²) in [7, 11) is 1.90. The average Bonchev–Trinajstić information content (AvgIpc) is 2.45. The third kappa shape index (κ3) is 0.693. The van der Waals surface area contributed by atoms with Crippen molar-refractivity contribution < 1.29 is 0 Å². The molecule has 4 aliphatic carbocycles. The molecule has 4 rings (SSSR count). The molecule has 0 radical (unpaired) electrons. The van der Waals surface area contributed by atoms with Crippen molar-refractivity contribution in [3.05, 3.63) is 0 Å². The van der Waals surface area contributed by atoms with Gasteiger partial charge in [0.2, 0.25) is 0 Å². The van der Waals surface area contributed by atoms with E-state index in [1.165, 1.54) is 25.7 Å². The molecule has 5 atom stereocenters. The van der Waals surface area contributed by atoms with E-state index in [2.05, 4.69) is 18.1 Å². The van der Waals surface area contributed by atoms with Gasteiger partial charge in [-0.15, -0.1) is 0 Å². The number of fused-ring (bicyclic) bond motifs is 1. The first-order valence-corrected chi connectivity index (χ1v) is 5.71. The molecule has 1 spiro atoms. The standard InChI is InChI=1S/C12H19N/c1-8-7-9-10-3-5-12(8,10)11(9)4-6-13-2/h6,8-11H,3-5,7H2,1-2H3. The Bertz CT molecular complexity index is 254. The van der Waals surface area contributed by atoms with Crippen LogP contribution in [0.5, 0.6) is 0 Å². The molecule has 0 N–H and O–H groups in total. The minimum atomic E-state index is 0.811. The molecule has 4 aliphatic rings.